The van der Waals surface area contributed by atoms with Gasteiger partial charge in [-0.15, -0.1) is 0 Å². The summed E-state index contributed by atoms with van der Waals surface area (Å²) in [7, 11) is 0. The van der Waals surface area contributed by atoms with Gasteiger partial charge in [-0.3, -0.25) is 48.1 Å². The number of carbonyl (C=O) groups is 10. The molecule has 29 heteroatoms. The molecule has 0 bridgehead atoms. The highest BCUT2D eigenvalue weighted by Gasteiger charge is 2.36. The third-order valence-corrected chi connectivity index (χ3v) is 12.5. The molecule has 2 aromatic rings. The number of nitrogens with one attached hydrogen (secondary N) is 9. The third kappa shape index (κ3) is 24.2. The second-order valence-corrected chi connectivity index (χ2v) is 19.1. The molecule has 0 aliphatic heterocycles. The van der Waals surface area contributed by atoms with Gasteiger partial charge in [0.05, 0.1) is 37.7 Å². The van der Waals surface area contributed by atoms with Gasteiger partial charge in [-0.2, -0.15) is 0 Å². The highest BCUT2D eigenvalue weighted by molar-refractivity contribution is 5.98. The number of benzene rings is 1. The quantitative estimate of drug-likeness (QED) is 0.0173. The van der Waals surface area contributed by atoms with Crippen LogP contribution in [0.25, 0.3) is 0 Å². The van der Waals surface area contributed by atoms with Crippen molar-refractivity contribution in [3.8, 4) is 0 Å². The maximum atomic E-state index is 14.2. The van der Waals surface area contributed by atoms with Crippen LogP contribution < -0.4 is 65.5 Å². The molecule has 11 atom stereocenters. The molecule has 20 N–H and O–H groups in total. The van der Waals surface area contributed by atoms with Crippen LogP contribution in [0, 0.1) is 5.92 Å². The molecule has 0 saturated carbocycles. The SMILES string of the molecule is CCC[C@H](NC(=O)[C@@H](NC(=O)CN(CCN)C(=O)CNC(=O)[C@@H](NC(=O)[C@@H](NC(=O)[C@H](Cc1cnc[nH]1)NC(=O)[C@H](CCc1ccccc1)NC(=O)[C@H](C)NC(=O)[C@@H](N)CCCN=C(N)N)[C@@H](C)O)[C@@H](C)O)C(C)CC)C(=O)O. The summed E-state index contributed by atoms with van der Waals surface area (Å²) in [4.78, 5) is 145. The minimum Gasteiger partial charge on any atom is -0.480 e. The van der Waals surface area contributed by atoms with Crippen molar-refractivity contribution in [2.75, 3.05) is 32.7 Å². The molecule has 1 aromatic heterocycles. The molecule has 1 unspecified atom stereocenters. The number of nitrogens with two attached hydrogens (primary N) is 4. The number of aromatic amines is 1. The Labute approximate surface area is 458 Å². The van der Waals surface area contributed by atoms with Crippen molar-refractivity contribution in [1.29, 1.82) is 0 Å². The van der Waals surface area contributed by atoms with Gasteiger partial charge in [0.1, 0.15) is 42.3 Å². The minimum absolute atomic E-state index is 0.00841. The number of carboxylic acids is 1. The van der Waals surface area contributed by atoms with Crippen LogP contribution in [-0.2, 0) is 60.8 Å². The fourth-order valence-electron chi connectivity index (χ4n) is 7.70. The van der Waals surface area contributed by atoms with Gasteiger partial charge in [0.15, 0.2) is 5.96 Å². The van der Waals surface area contributed by atoms with Crippen LogP contribution in [0.3, 0.4) is 0 Å². The summed E-state index contributed by atoms with van der Waals surface area (Å²) in [5.74, 6) is -9.71. The highest BCUT2D eigenvalue weighted by Crippen LogP contribution is 2.12. The number of guanidine groups is 1. The first-order valence-electron chi connectivity index (χ1n) is 26.1. The van der Waals surface area contributed by atoms with Gasteiger partial charge in [0, 0.05) is 37.9 Å². The molecule has 9 amide bonds. The number of H-pyrrole nitrogens is 1. The maximum absolute atomic E-state index is 14.2. The van der Waals surface area contributed by atoms with E-state index in [0.29, 0.717) is 25.0 Å². The zero-order chi connectivity index (χ0) is 59.4. The van der Waals surface area contributed by atoms with Gasteiger partial charge in [-0.1, -0.05) is 63.9 Å². The van der Waals surface area contributed by atoms with Crippen LogP contribution in [0.2, 0.25) is 0 Å². The molecule has 0 fully saturated rings. The lowest BCUT2D eigenvalue weighted by molar-refractivity contribution is -0.143. The van der Waals surface area contributed by atoms with Crippen molar-refractivity contribution in [1.82, 2.24) is 57.4 Å². The van der Waals surface area contributed by atoms with E-state index in [1.807, 2.05) is 12.1 Å². The first kappa shape index (κ1) is 67.3. The molecule has 0 aliphatic carbocycles. The first-order valence-corrected chi connectivity index (χ1v) is 26.1. The molecular weight excluding hydrogens is 1030 g/mol. The fourth-order valence-corrected chi connectivity index (χ4v) is 7.70. The van der Waals surface area contributed by atoms with E-state index in [1.165, 1.54) is 19.4 Å². The number of carbonyl (C=O) groups excluding carboxylic acids is 9. The molecule has 0 radical (unpaired) electrons. The Bertz CT molecular complexity index is 2340. The van der Waals surface area contributed by atoms with Crippen molar-refractivity contribution in [2.24, 2.45) is 33.8 Å². The van der Waals surface area contributed by atoms with Gasteiger partial charge < -0.3 is 90.7 Å². The number of rotatable bonds is 36. The molecule has 29 nitrogen and oxygen atoms in total. The van der Waals surface area contributed by atoms with Gasteiger partial charge in [0.25, 0.3) is 0 Å². The van der Waals surface area contributed by atoms with Crippen LogP contribution in [0.5, 0.6) is 0 Å². The van der Waals surface area contributed by atoms with E-state index in [0.717, 1.165) is 24.3 Å². The van der Waals surface area contributed by atoms with E-state index in [-0.39, 0.29) is 57.7 Å². The van der Waals surface area contributed by atoms with E-state index in [1.54, 1.807) is 39.0 Å². The Morgan fingerprint density at radius 1 is 0.709 bits per heavy atom. The predicted molar refractivity (Wildman–Crippen MR) is 288 cm³/mol. The summed E-state index contributed by atoms with van der Waals surface area (Å²) in [6.07, 6.45) is 1.02. The number of imidazole rings is 1. The van der Waals surface area contributed by atoms with Gasteiger partial charge >= 0.3 is 5.97 Å². The Morgan fingerprint density at radius 3 is 1.87 bits per heavy atom. The number of aliphatic hydroxyl groups excluding tert-OH is 2. The Kier molecular flexibility index (Phi) is 29.7. The summed E-state index contributed by atoms with van der Waals surface area (Å²) >= 11 is 0. The van der Waals surface area contributed by atoms with E-state index < -0.39 is 139 Å². The number of nitrogens with zero attached hydrogens (tertiary/aromatic N) is 3. The molecule has 0 aliphatic rings. The summed E-state index contributed by atoms with van der Waals surface area (Å²) in [6.45, 7) is 7.39. The number of aliphatic carboxylic acids is 1. The molecular formula is C50H82N16O13. The minimum atomic E-state index is -1.83. The molecule has 440 valence electrons. The van der Waals surface area contributed by atoms with Crippen LogP contribution in [0.15, 0.2) is 47.8 Å². The smallest absolute Gasteiger partial charge is 0.326 e. The monoisotopic (exact) mass is 1110 g/mol. The average Bonchev–Trinajstić information content (AvgIpc) is 3.93. The molecule has 0 saturated heterocycles. The Hall–Kier alpha value is -7.76. The number of hydrogen-bond donors (Lipinski definition) is 16. The lowest BCUT2D eigenvalue weighted by Crippen LogP contribution is -2.62. The van der Waals surface area contributed by atoms with Gasteiger partial charge in [-0.05, 0) is 64.4 Å². The second kappa shape index (κ2) is 34.9. The fraction of sp³-hybridized carbons (Fsp3) is 0.600. The molecule has 79 heavy (non-hydrogen) atoms. The summed E-state index contributed by atoms with van der Waals surface area (Å²) in [6, 6.07) is -2.02. The zero-order valence-electron chi connectivity index (χ0n) is 45.7. The summed E-state index contributed by atoms with van der Waals surface area (Å²) < 4.78 is 0. The standard InChI is InChI=1S/C50H82N16O13/c1-7-13-35(49(78)79)61-47(76)39(27(3)8-2)63-37(69)25-66(21-19-51)38(70)24-57-46(75)40(29(5)67)65-48(77)41(30(6)68)64-45(74)36(22-32-23-55-26-58-32)62-44(73)34(18-17-31-14-10-9-11-15-31)60-42(71)28(4)59-43(72)33(52)16-12-20-56-50(53)54/h9-11,14-15,23,26-30,33-36,39-41,67-68H,7-8,12-13,16-22,24-25,51-52H2,1-6H3,(H,55,58)(H,57,75)(H,59,72)(H,60,71)(H,61,76)(H,62,73)(H,63,69)(H,64,74)(H,65,77)(H,78,79)(H4,53,54,56)/t27?,28-,29+,30+,33-,34-,35-,36-,39-,40-,41-/m0/s1. The Balaban J connectivity index is 2.26. The molecule has 0 spiro atoms. The summed E-state index contributed by atoms with van der Waals surface area (Å²) in [5.41, 5.74) is 23.6. The number of aliphatic hydroxyl groups is 2. The normalized spacial score (nSPS) is 15.2. The van der Waals surface area contributed by atoms with E-state index in [2.05, 4.69) is 57.5 Å². The highest BCUT2D eigenvalue weighted by atomic mass is 16.4. The predicted octanol–water partition coefficient (Wildman–Crippen LogP) is -5.02. The van der Waals surface area contributed by atoms with Gasteiger partial charge in [0.2, 0.25) is 53.2 Å². The second-order valence-electron chi connectivity index (χ2n) is 19.1. The van der Waals surface area contributed by atoms with Crippen molar-refractivity contribution < 1.29 is 63.3 Å². The number of aliphatic imine (C=N–C) groups is 1. The number of aromatic nitrogens is 2. The summed E-state index contributed by atoms with van der Waals surface area (Å²) in [5, 5.41) is 50.8. The first-order chi connectivity index (χ1) is 37.3. The van der Waals surface area contributed by atoms with Crippen molar-refractivity contribution in [3.63, 3.8) is 0 Å². The van der Waals surface area contributed by atoms with Crippen molar-refractivity contribution in [2.45, 2.75) is 153 Å². The number of hydrogen-bond acceptors (Lipinski definition) is 16. The van der Waals surface area contributed by atoms with Gasteiger partial charge in [-0.25, -0.2) is 9.78 Å². The number of amides is 9. The number of aryl methyl sites for hydroxylation is 1. The van der Waals surface area contributed by atoms with Crippen LogP contribution in [-0.4, -0.2) is 189 Å². The topological polar surface area (TPSA) is 476 Å². The maximum Gasteiger partial charge on any atom is 0.326 e. The zero-order valence-corrected chi connectivity index (χ0v) is 45.7. The third-order valence-electron chi connectivity index (χ3n) is 12.5. The van der Waals surface area contributed by atoms with Crippen molar-refractivity contribution in [3.05, 3.63) is 54.1 Å². The van der Waals surface area contributed by atoms with Crippen LogP contribution in [0.4, 0.5) is 0 Å². The largest absolute Gasteiger partial charge is 0.480 e. The number of carboxylic acid groups (broad SMARTS) is 1. The van der Waals surface area contributed by atoms with Crippen LogP contribution in [0.1, 0.15) is 91.3 Å². The van der Waals surface area contributed by atoms with E-state index in [4.69, 9.17) is 22.9 Å². The van der Waals surface area contributed by atoms with Crippen molar-refractivity contribution >= 4 is 65.1 Å². The van der Waals surface area contributed by atoms with E-state index in [9.17, 15) is 63.3 Å². The molecule has 1 heterocycles. The lowest BCUT2D eigenvalue weighted by atomic mass is 9.97. The lowest BCUT2D eigenvalue weighted by Gasteiger charge is -2.29. The average molecular weight is 1120 g/mol. The van der Waals surface area contributed by atoms with Crippen LogP contribution >= 0.6 is 0 Å². The molecule has 1 aromatic carbocycles. The Morgan fingerprint density at radius 2 is 1.30 bits per heavy atom. The van der Waals surface area contributed by atoms with E-state index >= 15 is 0 Å². The molecule has 2 rings (SSSR count).